The van der Waals surface area contributed by atoms with Gasteiger partial charge in [-0.05, 0) is 29.3 Å². The Balaban J connectivity index is 2.47. The quantitative estimate of drug-likeness (QED) is 0.713. The maximum Gasteiger partial charge on any atom is 0.227 e. The number of carbonyl (C=O) groups excluding carboxylic acids is 1. The molecule has 0 saturated heterocycles. The summed E-state index contributed by atoms with van der Waals surface area (Å²) >= 11 is 7.23. The van der Waals surface area contributed by atoms with Gasteiger partial charge in [0.05, 0.1) is 6.42 Å². The van der Waals surface area contributed by atoms with Gasteiger partial charge in [0.25, 0.3) is 0 Å². The predicted octanol–water partition coefficient (Wildman–Crippen LogP) is 2.38. The molecule has 4 heteroatoms. The number of halogens is 1. The van der Waals surface area contributed by atoms with Gasteiger partial charge in [0.15, 0.2) is 0 Å². The molecule has 1 amide bonds. The van der Waals surface area contributed by atoms with Crippen LogP contribution in [0.3, 0.4) is 0 Å². The lowest BCUT2D eigenvalue weighted by Gasteiger charge is -2.19. The second kappa shape index (κ2) is 6.04. The van der Waals surface area contributed by atoms with E-state index in [2.05, 4.69) is 0 Å². The van der Waals surface area contributed by atoms with Gasteiger partial charge in [-0.1, -0.05) is 0 Å². The van der Waals surface area contributed by atoms with Crippen molar-refractivity contribution < 1.29 is 4.79 Å². The van der Waals surface area contributed by atoms with E-state index >= 15 is 0 Å². The zero-order chi connectivity index (χ0) is 10.4. The highest BCUT2D eigenvalue weighted by molar-refractivity contribution is 7.07. The minimum Gasteiger partial charge on any atom is -0.341 e. The van der Waals surface area contributed by atoms with E-state index in [0.717, 1.165) is 12.1 Å². The molecule has 2 nitrogen and oxygen atoms in total. The van der Waals surface area contributed by atoms with Crippen molar-refractivity contribution in [1.29, 1.82) is 0 Å². The molecule has 0 atom stereocenters. The number of likely N-dealkylation sites (N-methyl/N-ethyl adjacent to an activating group) is 1. The van der Waals surface area contributed by atoms with Crippen molar-refractivity contribution >= 4 is 28.8 Å². The lowest BCUT2D eigenvalue weighted by molar-refractivity contribution is -0.130. The monoisotopic (exact) mass is 231 g/mol. The first kappa shape index (κ1) is 11.5. The molecule has 0 bridgehead atoms. The Labute approximate surface area is 93.5 Å². The Morgan fingerprint density at radius 3 is 2.93 bits per heavy atom. The standard InChI is InChI=1S/C10H14ClNOS/c1-2-12(5-4-11)10(13)7-9-3-6-14-8-9/h3,6,8H,2,4-5,7H2,1H3. The molecular weight excluding hydrogens is 218 g/mol. The molecule has 0 aliphatic rings. The Hall–Kier alpha value is -0.540. The zero-order valence-electron chi connectivity index (χ0n) is 8.20. The minimum absolute atomic E-state index is 0.159. The third kappa shape index (κ3) is 3.31. The van der Waals surface area contributed by atoms with Crippen molar-refractivity contribution in [2.24, 2.45) is 0 Å². The highest BCUT2D eigenvalue weighted by atomic mass is 35.5. The van der Waals surface area contributed by atoms with Crippen LogP contribution in [-0.2, 0) is 11.2 Å². The topological polar surface area (TPSA) is 20.3 Å². The lowest BCUT2D eigenvalue weighted by atomic mass is 10.2. The van der Waals surface area contributed by atoms with E-state index in [4.69, 9.17) is 11.6 Å². The van der Waals surface area contributed by atoms with Crippen molar-refractivity contribution in [3.8, 4) is 0 Å². The van der Waals surface area contributed by atoms with Crippen LogP contribution >= 0.6 is 22.9 Å². The molecule has 0 radical (unpaired) electrons. The van der Waals surface area contributed by atoms with Crippen molar-refractivity contribution in [2.75, 3.05) is 19.0 Å². The van der Waals surface area contributed by atoms with Gasteiger partial charge in [0.1, 0.15) is 0 Å². The van der Waals surface area contributed by atoms with E-state index in [0.29, 0.717) is 18.8 Å². The summed E-state index contributed by atoms with van der Waals surface area (Å²) in [7, 11) is 0. The summed E-state index contributed by atoms with van der Waals surface area (Å²) in [6, 6.07) is 1.98. The molecule has 1 heterocycles. The van der Waals surface area contributed by atoms with Gasteiger partial charge in [0.2, 0.25) is 5.91 Å². The van der Waals surface area contributed by atoms with Crippen LogP contribution in [0.1, 0.15) is 12.5 Å². The predicted molar refractivity (Wildman–Crippen MR) is 61.0 cm³/mol. The smallest absolute Gasteiger partial charge is 0.227 e. The second-order valence-electron chi connectivity index (χ2n) is 2.97. The number of hydrogen-bond acceptors (Lipinski definition) is 2. The van der Waals surface area contributed by atoms with E-state index in [1.807, 2.05) is 23.8 Å². The molecule has 14 heavy (non-hydrogen) atoms. The van der Waals surface area contributed by atoms with Crippen molar-refractivity contribution in [2.45, 2.75) is 13.3 Å². The lowest BCUT2D eigenvalue weighted by Crippen LogP contribution is -2.33. The zero-order valence-corrected chi connectivity index (χ0v) is 9.77. The summed E-state index contributed by atoms with van der Waals surface area (Å²) in [6.07, 6.45) is 0.494. The van der Waals surface area contributed by atoms with Gasteiger partial charge < -0.3 is 4.90 Å². The molecule has 0 aliphatic carbocycles. The van der Waals surface area contributed by atoms with Crippen LogP contribution in [0, 0.1) is 0 Å². The summed E-state index contributed by atoms with van der Waals surface area (Å²) in [5.41, 5.74) is 1.09. The molecule has 78 valence electrons. The summed E-state index contributed by atoms with van der Waals surface area (Å²) < 4.78 is 0. The van der Waals surface area contributed by atoms with E-state index in [1.165, 1.54) is 0 Å². The molecule has 0 aromatic carbocycles. The summed E-state index contributed by atoms with van der Waals surface area (Å²) in [4.78, 5) is 13.5. The van der Waals surface area contributed by atoms with Gasteiger partial charge in [-0.3, -0.25) is 4.79 Å². The number of alkyl halides is 1. The fraction of sp³-hybridized carbons (Fsp3) is 0.500. The van der Waals surface area contributed by atoms with E-state index < -0.39 is 0 Å². The van der Waals surface area contributed by atoms with Crippen LogP contribution in [0.2, 0.25) is 0 Å². The van der Waals surface area contributed by atoms with Crippen molar-refractivity contribution in [3.63, 3.8) is 0 Å². The number of thiophene rings is 1. The number of nitrogens with zero attached hydrogens (tertiary/aromatic N) is 1. The van der Waals surface area contributed by atoms with Gasteiger partial charge in [0, 0.05) is 19.0 Å². The Morgan fingerprint density at radius 1 is 1.64 bits per heavy atom. The number of carbonyl (C=O) groups is 1. The fourth-order valence-corrected chi connectivity index (χ4v) is 2.11. The maximum atomic E-state index is 11.7. The second-order valence-corrected chi connectivity index (χ2v) is 4.13. The average molecular weight is 232 g/mol. The van der Waals surface area contributed by atoms with Crippen LogP contribution in [0.5, 0.6) is 0 Å². The van der Waals surface area contributed by atoms with E-state index in [-0.39, 0.29) is 5.91 Å². The molecular formula is C10H14ClNOS. The molecule has 1 aromatic heterocycles. The van der Waals surface area contributed by atoms with Crippen molar-refractivity contribution in [3.05, 3.63) is 22.4 Å². The SMILES string of the molecule is CCN(CCCl)C(=O)Cc1ccsc1. The third-order valence-electron chi connectivity index (χ3n) is 2.02. The Bertz CT molecular complexity index is 274. The van der Waals surface area contributed by atoms with Crippen LogP contribution in [0.25, 0.3) is 0 Å². The molecule has 0 N–H and O–H groups in total. The van der Waals surface area contributed by atoms with E-state index in [9.17, 15) is 4.79 Å². The van der Waals surface area contributed by atoms with Crippen LogP contribution in [0.4, 0.5) is 0 Å². The molecule has 1 aromatic rings. The molecule has 0 fully saturated rings. The first-order valence-corrected chi connectivity index (χ1v) is 6.10. The molecule has 1 rings (SSSR count). The maximum absolute atomic E-state index is 11.7. The average Bonchev–Trinajstić information content (AvgIpc) is 2.66. The number of amides is 1. The first-order valence-electron chi connectivity index (χ1n) is 4.62. The van der Waals surface area contributed by atoms with Crippen LogP contribution in [0.15, 0.2) is 16.8 Å². The largest absolute Gasteiger partial charge is 0.341 e. The van der Waals surface area contributed by atoms with Crippen LogP contribution < -0.4 is 0 Å². The first-order chi connectivity index (χ1) is 6.77. The highest BCUT2D eigenvalue weighted by Gasteiger charge is 2.11. The molecule has 0 saturated carbocycles. The number of rotatable bonds is 5. The molecule has 0 unspecified atom stereocenters. The summed E-state index contributed by atoms with van der Waals surface area (Å²) in [6.45, 7) is 3.34. The third-order valence-corrected chi connectivity index (χ3v) is 2.93. The van der Waals surface area contributed by atoms with Gasteiger partial charge >= 0.3 is 0 Å². The van der Waals surface area contributed by atoms with Gasteiger partial charge in [-0.2, -0.15) is 11.3 Å². The summed E-state index contributed by atoms with van der Waals surface area (Å²) in [5, 5.41) is 3.99. The fourth-order valence-electron chi connectivity index (χ4n) is 1.24. The van der Waals surface area contributed by atoms with Gasteiger partial charge in [-0.25, -0.2) is 0 Å². The highest BCUT2D eigenvalue weighted by Crippen LogP contribution is 2.08. The number of hydrogen-bond donors (Lipinski definition) is 0. The van der Waals surface area contributed by atoms with Crippen molar-refractivity contribution in [1.82, 2.24) is 4.90 Å². The van der Waals surface area contributed by atoms with Gasteiger partial charge in [-0.15, -0.1) is 11.6 Å². The van der Waals surface area contributed by atoms with E-state index in [1.54, 1.807) is 16.2 Å². The molecule has 0 spiro atoms. The Kier molecular flexibility index (Phi) is 4.98. The normalized spacial score (nSPS) is 10.1. The minimum atomic E-state index is 0.159. The molecule has 0 aliphatic heterocycles. The summed E-state index contributed by atoms with van der Waals surface area (Å²) in [5.74, 6) is 0.662. The Morgan fingerprint density at radius 2 is 2.43 bits per heavy atom. The van der Waals surface area contributed by atoms with Crippen LogP contribution in [-0.4, -0.2) is 29.8 Å².